The van der Waals surface area contributed by atoms with Crippen LogP contribution in [0.3, 0.4) is 0 Å². The predicted molar refractivity (Wildman–Crippen MR) is 87.8 cm³/mol. The molecule has 1 atom stereocenters. The summed E-state index contributed by atoms with van der Waals surface area (Å²) in [6.45, 7) is 3.52. The van der Waals surface area contributed by atoms with E-state index >= 15 is 0 Å². The minimum Gasteiger partial charge on any atom is -0.466 e. The Balaban J connectivity index is 1.75. The van der Waals surface area contributed by atoms with Crippen molar-refractivity contribution < 1.29 is 19.1 Å². The molecule has 0 aliphatic carbocycles. The van der Waals surface area contributed by atoms with E-state index in [4.69, 9.17) is 4.74 Å². The van der Waals surface area contributed by atoms with E-state index in [0.29, 0.717) is 18.7 Å². The van der Waals surface area contributed by atoms with Crippen LogP contribution in [0.25, 0.3) is 0 Å². The number of rotatable bonds is 5. The van der Waals surface area contributed by atoms with Gasteiger partial charge in [0.15, 0.2) is 0 Å². The average molecular weight is 333 g/mol. The van der Waals surface area contributed by atoms with Crippen LogP contribution < -0.4 is 10.9 Å². The summed E-state index contributed by atoms with van der Waals surface area (Å²) in [7, 11) is 0. The average Bonchev–Trinajstić information content (AvgIpc) is 2.61. The zero-order valence-corrected chi connectivity index (χ0v) is 13.8. The van der Waals surface area contributed by atoms with Crippen molar-refractivity contribution in [2.24, 2.45) is 5.92 Å². The molecule has 24 heavy (non-hydrogen) atoms. The van der Waals surface area contributed by atoms with Gasteiger partial charge in [0.2, 0.25) is 0 Å². The Labute approximate surface area is 141 Å². The number of amides is 2. The van der Waals surface area contributed by atoms with Crippen molar-refractivity contribution in [3.05, 3.63) is 35.9 Å². The number of esters is 1. The monoisotopic (exact) mass is 333 g/mol. The third-order valence-corrected chi connectivity index (χ3v) is 3.84. The summed E-state index contributed by atoms with van der Waals surface area (Å²) in [6, 6.07) is 8.64. The Hall–Kier alpha value is -2.41. The predicted octanol–water partition coefficient (Wildman–Crippen LogP) is 0.723. The normalized spacial score (nSPS) is 17.8. The summed E-state index contributed by atoms with van der Waals surface area (Å²) in [5.74, 6) is -1.08. The fourth-order valence-electron chi connectivity index (χ4n) is 2.68. The lowest BCUT2D eigenvalue weighted by atomic mass is 9.98. The highest BCUT2D eigenvalue weighted by atomic mass is 16.5. The molecule has 1 aromatic carbocycles. The van der Waals surface area contributed by atoms with Crippen molar-refractivity contribution in [1.29, 1.82) is 0 Å². The fourth-order valence-corrected chi connectivity index (χ4v) is 2.68. The molecule has 2 N–H and O–H groups in total. The number of nitrogens with zero attached hydrogens (tertiary/aromatic N) is 1. The molecular formula is C17H23N3O4. The SMILES string of the molecule is CCOC(=O)[C@H]1CCCN(CC(=O)NNC(=O)c2ccccc2)C1. The van der Waals surface area contributed by atoms with E-state index in [1.54, 1.807) is 31.2 Å². The van der Waals surface area contributed by atoms with Crippen molar-refractivity contribution >= 4 is 17.8 Å². The number of hydrogen-bond acceptors (Lipinski definition) is 5. The van der Waals surface area contributed by atoms with Gasteiger partial charge in [-0.05, 0) is 38.4 Å². The molecule has 2 amide bonds. The number of nitrogens with one attached hydrogen (secondary N) is 2. The van der Waals surface area contributed by atoms with Crippen LogP contribution in [0.15, 0.2) is 30.3 Å². The van der Waals surface area contributed by atoms with Crippen molar-refractivity contribution in [2.75, 3.05) is 26.2 Å². The Morgan fingerprint density at radius 1 is 1.21 bits per heavy atom. The molecule has 1 heterocycles. The molecule has 2 rings (SSSR count). The first-order valence-corrected chi connectivity index (χ1v) is 8.13. The zero-order valence-electron chi connectivity index (χ0n) is 13.8. The highest BCUT2D eigenvalue weighted by Gasteiger charge is 2.27. The zero-order chi connectivity index (χ0) is 17.4. The van der Waals surface area contributed by atoms with E-state index in [1.807, 2.05) is 11.0 Å². The first-order valence-electron chi connectivity index (χ1n) is 8.13. The van der Waals surface area contributed by atoms with E-state index in [1.165, 1.54) is 0 Å². The fraction of sp³-hybridized carbons (Fsp3) is 0.471. The largest absolute Gasteiger partial charge is 0.466 e. The number of carbonyl (C=O) groups is 3. The molecule has 0 spiro atoms. The Morgan fingerprint density at radius 2 is 1.96 bits per heavy atom. The van der Waals surface area contributed by atoms with Gasteiger partial charge in [-0.15, -0.1) is 0 Å². The number of benzene rings is 1. The molecule has 1 aromatic rings. The van der Waals surface area contributed by atoms with Crippen LogP contribution in [0.5, 0.6) is 0 Å². The molecule has 0 saturated carbocycles. The Bertz CT molecular complexity index is 576. The van der Waals surface area contributed by atoms with E-state index in [2.05, 4.69) is 10.9 Å². The van der Waals surface area contributed by atoms with E-state index in [9.17, 15) is 14.4 Å². The number of carbonyl (C=O) groups excluding carboxylic acids is 3. The van der Waals surface area contributed by atoms with Crippen LogP contribution in [-0.4, -0.2) is 48.9 Å². The van der Waals surface area contributed by atoms with Crippen LogP contribution >= 0.6 is 0 Å². The minimum absolute atomic E-state index is 0.130. The smallest absolute Gasteiger partial charge is 0.310 e. The van der Waals surface area contributed by atoms with Crippen LogP contribution in [0.4, 0.5) is 0 Å². The minimum atomic E-state index is -0.369. The molecule has 1 aliphatic rings. The van der Waals surface area contributed by atoms with Gasteiger partial charge in [-0.25, -0.2) is 0 Å². The lowest BCUT2D eigenvalue weighted by Gasteiger charge is -2.30. The van der Waals surface area contributed by atoms with Crippen LogP contribution in [0.2, 0.25) is 0 Å². The van der Waals surface area contributed by atoms with Crippen molar-refractivity contribution in [1.82, 2.24) is 15.8 Å². The Morgan fingerprint density at radius 3 is 2.67 bits per heavy atom. The number of ether oxygens (including phenoxy) is 1. The lowest BCUT2D eigenvalue weighted by Crippen LogP contribution is -2.49. The molecule has 130 valence electrons. The van der Waals surface area contributed by atoms with Gasteiger partial charge < -0.3 is 4.74 Å². The van der Waals surface area contributed by atoms with Crippen molar-refractivity contribution in [2.45, 2.75) is 19.8 Å². The first-order chi connectivity index (χ1) is 11.6. The second kappa shape index (κ2) is 9.02. The second-order valence-corrected chi connectivity index (χ2v) is 5.69. The number of likely N-dealkylation sites (tertiary alicyclic amines) is 1. The van der Waals surface area contributed by atoms with Crippen LogP contribution in [0.1, 0.15) is 30.1 Å². The summed E-state index contributed by atoms with van der Waals surface area (Å²) in [6.07, 6.45) is 1.62. The molecule has 1 fully saturated rings. The number of hydrogen-bond donors (Lipinski definition) is 2. The van der Waals surface area contributed by atoms with Crippen LogP contribution in [-0.2, 0) is 14.3 Å². The van der Waals surface area contributed by atoms with Crippen molar-refractivity contribution in [3.8, 4) is 0 Å². The first kappa shape index (κ1) is 17.9. The van der Waals surface area contributed by atoms with Gasteiger partial charge in [-0.1, -0.05) is 18.2 Å². The standard InChI is InChI=1S/C17H23N3O4/c1-2-24-17(23)14-9-6-10-20(11-14)12-15(21)18-19-16(22)13-7-4-3-5-8-13/h3-5,7-8,14H,2,6,9-12H2,1H3,(H,18,21)(H,19,22)/t14-/m0/s1. The van der Waals surface area contributed by atoms with Gasteiger partial charge in [0.05, 0.1) is 19.1 Å². The summed E-state index contributed by atoms with van der Waals surface area (Å²) >= 11 is 0. The molecule has 1 saturated heterocycles. The third-order valence-electron chi connectivity index (χ3n) is 3.84. The number of piperidine rings is 1. The summed E-state index contributed by atoms with van der Waals surface area (Å²) in [5.41, 5.74) is 5.26. The Kier molecular flexibility index (Phi) is 6.74. The molecular weight excluding hydrogens is 310 g/mol. The maximum atomic E-state index is 12.0. The maximum absolute atomic E-state index is 12.0. The molecule has 0 aromatic heterocycles. The van der Waals surface area contributed by atoms with Crippen molar-refractivity contribution in [3.63, 3.8) is 0 Å². The summed E-state index contributed by atoms with van der Waals surface area (Å²) in [5, 5.41) is 0. The lowest BCUT2D eigenvalue weighted by molar-refractivity contribution is -0.150. The van der Waals surface area contributed by atoms with E-state index in [0.717, 1.165) is 19.4 Å². The molecule has 1 aliphatic heterocycles. The topological polar surface area (TPSA) is 87.7 Å². The molecule has 0 bridgehead atoms. The van der Waals surface area contributed by atoms with Gasteiger partial charge in [-0.3, -0.25) is 30.1 Å². The van der Waals surface area contributed by atoms with E-state index < -0.39 is 0 Å². The van der Waals surface area contributed by atoms with Gasteiger partial charge in [0.25, 0.3) is 11.8 Å². The third kappa shape index (κ3) is 5.34. The van der Waals surface area contributed by atoms with E-state index in [-0.39, 0.29) is 30.2 Å². The second-order valence-electron chi connectivity index (χ2n) is 5.69. The molecule has 0 radical (unpaired) electrons. The van der Waals surface area contributed by atoms with Gasteiger partial charge in [0, 0.05) is 12.1 Å². The maximum Gasteiger partial charge on any atom is 0.310 e. The summed E-state index contributed by atoms with van der Waals surface area (Å²) in [4.78, 5) is 37.5. The number of hydrazine groups is 1. The molecule has 7 nitrogen and oxygen atoms in total. The van der Waals surface area contributed by atoms with Gasteiger partial charge in [-0.2, -0.15) is 0 Å². The van der Waals surface area contributed by atoms with Crippen LogP contribution in [0, 0.1) is 5.92 Å². The molecule has 0 unspecified atom stereocenters. The molecule has 7 heteroatoms. The highest BCUT2D eigenvalue weighted by molar-refractivity contribution is 5.95. The highest BCUT2D eigenvalue weighted by Crippen LogP contribution is 2.17. The van der Waals surface area contributed by atoms with Gasteiger partial charge >= 0.3 is 5.97 Å². The van der Waals surface area contributed by atoms with Gasteiger partial charge in [0.1, 0.15) is 0 Å². The summed E-state index contributed by atoms with van der Waals surface area (Å²) < 4.78 is 5.04. The quantitative estimate of drug-likeness (QED) is 0.612.